The second-order valence-electron chi connectivity index (χ2n) is 3.82. The number of likely N-dealkylation sites (N-methyl/N-ethyl adjacent to an activating group) is 1. The first-order valence-electron chi connectivity index (χ1n) is 4.73. The molecule has 0 atom stereocenters. The van der Waals surface area contributed by atoms with Crippen LogP contribution in [0.5, 0.6) is 0 Å². The third-order valence-electron chi connectivity index (χ3n) is 2.22. The zero-order valence-corrected chi connectivity index (χ0v) is 9.17. The summed E-state index contributed by atoms with van der Waals surface area (Å²) in [6.07, 6.45) is 0. The fraction of sp³-hybridized carbons (Fsp3) is 0.333. The molecule has 2 nitrogen and oxygen atoms in total. The summed E-state index contributed by atoms with van der Waals surface area (Å²) in [5.41, 5.74) is 10.2. The molecule has 2 heteroatoms. The molecule has 0 fully saturated rings. The summed E-state index contributed by atoms with van der Waals surface area (Å²) in [4.78, 5) is 2.12. The molecule has 0 heterocycles. The van der Waals surface area contributed by atoms with Crippen LogP contribution in [0.1, 0.15) is 12.5 Å². The maximum Gasteiger partial charge on any atom is 0.0602 e. The lowest BCUT2D eigenvalue weighted by molar-refractivity contribution is 0.986. The molecule has 0 spiro atoms. The monoisotopic (exact) mass is 190 g/mol. The Balaban J connectivity index is 2.95. The zero-order valence-electron chi connectivity index (χ0n) is 9.17. The Labute approximate surface area is 86.0 Å². The molecule has 0 saturated heterocycles. The molecule has 0 unspecified atom stereocenters. The largest absolute Gasteiger partial charge is 0.397 e. The van der Waals surface area contributed by atoms with E-state index in [2.05, 4.69) is 11.5 Å². The fourth-order valence-electron chi connectivity index (χ4n) is 1.49. The quantitative estimate of drug-likeness (QED) is 0.586. The maximum absolute atomic E-state index is 5.99. The van der Waals surface area contributed by atoms with Crippen LogP contribution in [-0.4, -0.2) is 13.6 Å². The van der Waals surface area contributed by atoms with Crippen LogP contribution >= 0.6 is 0 Å². The van der Waals surface area contributed by atoms with Gasteiger partial charge in [0.15, 0.2) is 0 Å². The van der Waals surface area contributed by atoms with Crippen LogP contribution < -0.4 is 10.6 Å². The highest BCUT2D eigenvalue weighted by Crippen LogP contribution is 2.25. The van der Waals surface area contributed by atoms with Gasteiger partial charge in [-0.15, -0.1) is 0 Å². The van der Waals surface area contributed by atoms with E-state index in [9.17, 15) is 0 Å². The smallest absolute Gasteiger partial charge is 0.0602 e. The van der Waals surface area contributed by atoms with Crippen LogP contribution in [0.2, 0.25) is 0 Å². The summed E-state index contributed by atoms with van der Waals surface area (Å²) < 4.78 is 0. The number of hydrogen-bond acceptors (Lipinski definition) is 2. The van der Waals surface area contributed by atoms with Gasteiger partial charge < -0.3 is 10.6 Å². The van der Waals surface area contributed by atoms with Gasteiger partial charge in [-0.3, -0.25) is 0 Å². The lowest BCUT2D eigenvalue weighted by Crippen LogP contribution is -2.20. The average molecular weight is 190 g/mol. The number of rotatable bonds is 3. The minimum Gasteiger partial charge on any atom is -0.397 e. The van der Waals surface area contributed by atoms with Crippen LogP contribution in [0.4, 0.5) is 11.4 Å². The molecule has 0 amide bonds. The van der Waals surface area contributed by atoms with Crippen molar-refractivity contribution in [2.45, 2.75) is 13.8 Å². The van der Waals surface area contributed by atoms with Crippen molar-refractivity contribution >= 4 is 11.4 Å². The molecule has 14 heavy (non-hydrogen) atoms. The van der Waals surface area contributed by atoms with E-state index in [0.29, 0.717) is 0 Å². The Morgan fingerprint density at radius 3 is 2.71 bits per heavy atom. The molecule has 0 saturated carbocycles. The minimum absolute atomic E-state index is 0.841. The first-order chi connectivity index (χ1) is 6.52. The van der Waals surface area contributed by atoms with E-state index in [-0.39, 0.29) is 0 Å². The minimum atomic E-state index is 0.841. The zero-order chi connectivity index (χ0) is 10.7. The molecular weight excluding hydrogens is 172 g/mol. The number of aryl methyl sites for hydroxylation is 1. The number of nitrogen functional groups attached to an aromatic ring is 1. The average Bonchev–Trinajstić information content (AvgIpc) is 2.08. The summed E-state index contributed by atoms with van der Waals surface area (Å²) in [6, 6.07) is 6.08. The summed E-state index contributed by atoms with van der Waals surface area (Å²) in [7, 11) is 2.03. The van der Waals surface area contributed by atoms with Gasteiger partial charge in [0.1, 0.15) is 0 Å². The summed E-state index contributed by atoms with van der Waals surface area (Å²) in [5.74, 6) is 0. The molecule has 1 aromatic carbocycles. The SMILES string of the molecule is C=C(C)CN(C)c1cccc(C)c1N. The summed E-state index contributed by atoms with van der Waals surface area (Å²) >= 11 is 0. The number of hydrogen-bond donors (Lipinski definition) is 1. The van der Waals surface area contributed by atoms with Crippen molar-refractivity contribution in [3.63, 3.8) is 0 Å². The van der Waals surface area contributed by atoms with Gasteiger partial charge in [0.2, 0.25) is 0 Å². The van der Waals surface area contributed by atoms with Crippen LogP contribution in [-0.2, 0) is 0 Å². The van der Waals surface area contributed by atoms with Crippen molar-refractivity contribution in [2.24, 2.45) is 0 Å². The number of benzene rings is 1. The number of para-hydroxylation sites is 1. The van der Waals surface area contributed by atoms with Crippen molar-refractivity contribution in [1.29, 1.82) is 0 Å². The summed E-state index contributed by atoms with van der Waals surface area (Å²) in [5, 5.41) is 0. The van der Waals surface area contributed by atoms with E-state index in [4.69, 9.17) is 5.73 Å². The molecule has 2 N–H and O–H groups in total. The van der Waals surface area contributed by atoms with E-state index >= 15 is 0 Å². The Morgan fingerprint density at radius 2 is 2.14 bits per heavy atom. The lowest BCUT2D eigenvalue weighted by Gasteiger charge is -2.21. The van der Waals surface area contributed by atoms with Gasteiger partial charge in [-0.2, -0.15) is 0 Å². The highest BCUT2D eigenvalue weighted by molar-refractivity contribution is 5.70. The Bertz CT molecular complexity index is 342. The van der Waals surface area contributed by atoms with Gasteiger partial charge in [-0.1, -0.05) is 24.3 Å². The number of anilines is 2. The van der Waals surface area contributed by atoms with Gasteiger partial charge in [-0.05, 0) is 25.5 Å². The normalized spacial score (nSPS) is 9.93. The van der Waals surface area contributed by atoms with Gasteiger partial charge in [0.05, 0.1) is 11.4 Å². The Kier molecular flexibility index (Phi) is 3.18. The third-order valence-corrected chi connectivity index (χ3v) is 2.22. The van der Waals surface area contributed by atoms with Gasteiger partial charge in [0.25, 0.3) is 0 Å². The molecule has 1 aromatic rings. The van der Waals surface area contributed by atoms with Gasteiger partial charge in [-0.25, -0.2) is 0 Å². The van der Waals surface area contributed by atoms with Crippen molar-refractivity contribution < 1.29 is 0 Å². The molecule has 0 bridgehead atoms. The molecule has 0 radical (unpaired) electrons. The second kappa shape index (κ2) is 4.18. The van der Waals surface area contributed by atoms with Gasteiger partial charge in [0, 0.05) is 13.6 Å². The Hall–Kier alpha value is -1.44. The number of nitrogens with two attached hydrogens (primary N) is 1. The molecule has 0 aliphatic rings. The van der Waals surface area contributed by atoms with E-state index in [1.54, 1.807) is 0 Å². The van der Waals surface area contributed by atoms with E-state index < -0.39 is 0 Å². The van der Waals surface area contributed by atoms with E-state index in [1.807, 2.05) is 39.1 Å². The second-order valence-corrected chi connectivity index (χ2v) is 3.82. The van der Waals surface area contributed by atoms with Crippen LogP contribution in [0.3, 0.4) is 0 Å². The fourth-order valence-corrected chi connectivity index (χ4v) is 1.49. The van der Waals surface area contributed by atoms with E-state index in [0.717, 1.165) is 29.1 Å². The van der Waals surface area contributed by atoms with Crippen LogP contribution in [0.25, 0.3) is 0 Å². The third kappa shape index (κ3) is 2.28. The van der Waals surface area contributed by atoms with Crippen molar-refractivity contribution in [3.05, 3.63) is 35.9 Å². The predicted molar refractivity (Wildman–Crippen MR) is 63.7 cm³/mol. The molecule has 0 aromatic heterocycles. The van der Waals surface area contributed by atoms with Crippen LogP contribution in [0, 0.1) is 6.92 Å². The first-order valence-corrected chi connectivity index (χ1v) is 4.73. The topological polar surface area (TPSA) is 29.3 Å². The lowest BCUT2D eigenvalue weighted by atomic mass is 10.1. The molecular formula is C12H18N2. The molecule has 1 rings (SSSR count). The standard InChI is InChI=1S/C12H18N2/c1-9(2)8-14(4)11-7-5-6-10(3)12(11)13/h5-7H,1,8,13H2,2-4H3. The predicted octanol–water partition coefficient (Wildman–Crippen LogP) is 2.59. The maximum atomic E-state index is 5.99. The van der Waals surface area contributed by atoms with Crippen molar-refractivity contribution in [3.8, 4) is 0 Å². The van der Waals surface area contributed by atoms with Gasteiger partial charge >= 0.3 is 0 Å². The van der Waals surface area contributed by atoms with Crippen LogP contribution in [0.15, 0.2) is 30.4 Å². The Morgan fingerprint density at radius 1 is 1.50 bits per heavy atom. The first kappa shape index (κ1) is 10.6. The number of nitrogens with zero attached hydrogens (tertiary/aromatic N) is 1. The van der Waals surface area contributed by atoms with Crippen molar-refractivity contribution in [2.75, 3.05) is 24.2 Å². The van der Waals surface area contributed by atoms with E-state index in [1.165, 1.54) is 0 Å². The summed E-state index contributed by atoms with van der Waals surface area (Å²) in [6.45, 7) is 8.77. The highest BCUT2D eigenvalue weighted by Gasteiger charge is 2.05. The molecule has 0 aliphatic carbocycles. The highest BCUT2D eigenvalue weighted by atomic mass is 15.1. The molecule has 0 aliphatic heterocycles. The van der Waals surface area contributed by atoms with Crippen molar-refractivity contribution in [1.82, 2.24) is 0 Å². The molecule has 76 valence electrons.